The minimum absolute atomic E-state index is 0.105. The molecule has 0 aliphatic rings. The fourth-order valence-electron chi connectivity index (χ4n) is 1.64. The van der Waals surface area contributed by atoms with Crippen molar-refractivity contribution in [3.05, 3.63) is 63.6 Å². The summed E-state index contributed by atoms with van der Waals surface area (Å²) in [6, 6.07) is 8.53. The Balaban J connectivity index is 2.49. The van der Waals surface area contributed by atoms with Gasteiger partial charge in [-0.1, -0.05) is 12.1 Å². The third kappa shape index (κ3) is 2.37. The number of nitrogen functional groups attached to an aromatic ring is 1. The van der Waals surface area contributed by atoms with E-state index in [9.17, 15) is 13.9 Å². The lowest BCUT2D eigenvalue weighted by Gasteiger charge is -2.14. The molecular weight excluding hydrogens is 304 g/mol. The third-order valence-corrected chi connectivity index (χ3v) is 3.22. The zero-order chi connectivity index (χ0) is 13.3. The molecule has 0 fully saturated rings. The number of nitrogens with two attached hydrogens (primary N) is 1. The number of hydrogen-bond donors (Lipinski definition) is 2. The van der Waals surface area contributed by atoms with E-state index in [4.69, 9.17) is 5.73 Å². The summed E-state index contributed by atoms with van der Waals surface area (Å²) in [7, 11) is 0. The normalized spacial score (nSPS) is 12.4. The summed E-state index contributed by atoms with van der Waals surface area (Å²) in [4.78, 5) is 0. The summed E-state index contributed by atoms with van der Waals surface area (Å²) >= 11 is 2.96. The van der Waals surface area contributed by atoms with E-state index in [1.807, 2.05) is 0 Å². The van der Waals surface area contributed by atoms with Crippen LogP contribution in [-0.4, -0.2) is 5.11 Å². The molecule has 0 saturated heterocycles. The summed E-state index contributed by atoms with van der Waals surface area (Å²) < 4.78 is 27.5. The molecule has 0 aromatic heterocycles. The second-order valence-electron chi connectivity index (χ2n) is 3.83. The van der Waals surface area contributed by atoms with Gasteiger partial charge in [0, 0.05) is 5.69 Å². The van der Waals surface area contributed by atoms with Crippen LogP contribution in [0.4, 0.5) is 14.5 Å². The fourth-order valence-corrected chi connectivity index (χ4v) is 1.98. The molecule has 0 bridgehead atoms. The Hall–Kier alpha value is -1.46. The van der Waals surface area contributed by atoms with Gasteiger partial charge in [-0.25, -0.2) is 8.78 Å². The highest BCUT2D eigenvalue weighted by atomic mass is 79.9. The van der Waals surface area contributed by atoms with Crippen molar-refractivity contribution in [1.29, 1.82) is 0 Å². The van der Waals surface area contributed by atoms with Crippen molar-refractivity contribution in [2.75, 3.05) is 5.73 Å². The summed E-state index contributed by atoms with van der Waals surface area (Å²) in [5, 5.41) is 10.0. The molecule has 18 heavy (non-hydrogen) atoms. The van der Waals surface area contributed by atoms with Gasteiger partial charge < -0.3 is 10.8 Å². The number of hydrogen-bond acceptors (Lipinski definition) is 2. The van der Waals surface area contributed by atoms with Gasteiger partial charge in [-0.05, 0) is 45.8 Å². The van der Waals surface area contributed by atoms with Crippen LogP contribution >= 0.6 is 15.9 Å². The SMILES string of the molecule is Nc1ccc(C(O)c2c(F)ccc(Br)c2F)cc1. The Morgan fingerprint density at radius 2 is 1.67 bits per heavy atom. The minimum atomic E-state index is -1.37. The molecule has 0 spiro atoms. The van der Waals surface area contributed by atoms with Gasteiger partial charge in [0.15, 0.2) is 0 Å². The molecule has 1 unspecified atom stereocenters. The van der Waals surface area contributed by atoms with Crippen LogP contribution in [0, 0.1) is 11.6 Å². The van der Waals surface area contributed by atoms with Crippen molar-refractivity contribution in [2.24, 2.45) is 0 Å². The zero-order valence-electron chi connectivity index (χ0n) is 9.20. The smallest absolute Gasteiger partial charge is 0.146 e. The lowest BCUT2D eigenvalue weighted by atomic mass is 10.0. The molecule has 0 amide bonds. The third-order valence-electron chi connectivity index (χ3n) is 2.61. The van der Waals surface area contributed by atoms with E-state index in [2.05, 4.69) is 15.9 Å². The molecule has 94 valence electrons. The molecule has 2 aromatic carbocycles. The van der Waals surface area contributed by atoms with Crippen molar-refractivity contribution >= 4 is 21.6 Å². The average molecular weight is 314 g/mol. The van der Waals surface area contributed by atoms with Gasteiger partial charge in [-0.3, -0.25) is 0 Å². The van der Waals surface area contributed by atoms with Gasteiger partial charge in [0.2, 0.25) is 0 Å². The van der Waals surface area contributed by atoms with Crippen LogP contribution < -0.4 is 5.73 Å². The first-order valence-corrected chi connectivity index (χ1v) is 5.97. The topological polar surface area (TPSA) is 46.2 Å². The van der Waals surface area contributed by atoms with Gasteiger partial charge in [-0.2, -0.15) is 0 Å². The lowest BCUT2D eigenvalue weighted by Crippen LogP contribution is -2.06. The Morgan fingerprint density at radius 1 is 1.06 bits per heavy atom. The number of halogens is 3. The van der Waals surface area contributed by atoms with E-state index in [-0.39, 0.29) is 10.0 Å². The van der Waals surface area contributed by atoms with Gasteiger partial charge in [0.05, 0.1) is 10.0 Å². The number of aliphatic hydroxyl groups excluding tert-OH is 1. The summed E-state index contributed by atoms with van der Waals surface area (Å²) in [6.45, 7) is 0. The van der Waals surface area contributed by atoms with Crippen molar-refractivity contribution in [3.8, 4) is 0 Å². The van der Waals surface area contributed by atoms with E-state index >= 15 is 0 Å². The minimum Gasteiger partial charge on any atom is -0.399 e. The second-order valence-corrected chi connectivity index (χ2v) is 4.68. The zero-order valence-corrected chi connectivity index (χ0v) is 10.8. The van der Waals surface area contributed by atoms with Crippen LogP contribution in [0.25, 0.3) is 0 Å². The molecule has 2 rings (SSSR count). The molecule has 2 nitrogen and oxygen atoms in total. The molecular formula is C13H10BrF2NO. The molecule has 0 radical (unpaired) electrons. The largest absolute Gasteiger partial charge is 0.399 e. The van der Waals surface area contributed by atoms with Crippen molar-refractivity contribution in [3.63, 3.8) is 0 Å². The lowest BCUT2D eigenvalue weighted by molar-refractivity contribution is 0.209. The van der Waals surface area contributed by atoms with Gasteiger partial charge in [0.1, 0.15) is 17.7 Å². The van der Waals surface area contributed by atoms with Crippen molar-refractivity contribution < 1.29 is 13.9 Å². The number of anilines is 1. The quantitative estimate of drug-likeness (QED) is 0.659. The van der Waals surface area contributed by atoms with Crippen LogP contribution in [0.2, 0.25) is 0 Å². The van der Waals surface area contributed by atoms with Crippen molar-refractivity contribution in [1.82, 2.24) is 0 Å². The van der Waals surface area contributed by atoms with Crippen LogP contribution in [0.5, 0.6) is 0 Å². The van der Waals surface area contributed by atoms with Gasteiger partial charge >= 0.3 is 0 Å². The Labute approximate surface area is 111 Å². The highest BCUT2D eigenvalue weighted by molar-refractivity contribution is 9.10. The molecule has 1 atom stereocenters. The molecule has 0 saturated carbocycles. The van der Waals surface area contributed by atoms with E-state index in [0.717, 1.165) is 6.07 Å². The highest BCUT2D eigenvalue weighted by Gasteiger charge is 2.21. The summed E-state index contributed by atoms with van der Waals surface area (Å²) in [5.74, 6) is -1.60. The fraction of sp³-hybridized carbons (Fsp3) is 0.0769. The maximum absolute atomic E-state index is 13.8. The monoisotopic (exact) mass is 313 g/mol. The van der Waals surface area contributed by atoms with Crippen LogP contribution in [0.15, 0.2) is 40.9 Å². The maximum Gasteiger partial charge on any atom is 0.146 e. The van der Waals surface area contributed by atoms with Crippen molar-refractivity contribution in [2.45, 2.75) is 6.10 Å². The van der Waals surface area contributed by atoms with Gasteiger partial charge in [0.25, 0.3) is 0 Å². The van der Waals surface area contributed by atoms with Crippen LogP contribution in [-0.2, 0) is 0 Å². The first kappa shape index (κ1) is 13.0. The van der Waals surface area contributed by atoms with Crippen LogP contribution in [0.1, 0.15) is 17.2 Å². The first-order valence-electron chi connectivity index (χ1n) is 5.17. The molecule has 3 N–H and O–H groups in total. The summed E-state index contributed by atoms with van der Waals surface area (Å²) in [6.07, 6.45) is -1.37. The van der Waals surface area contributed by atoms with Gasteiger partial charge in [-0.15, -0.1) is 0 Å². The predicted octanol–water partition coefficient (Wildman–Crippen LogP) is 3.39. The van der Waals surface area contributed by atoms with E-state index < -0.39 is 17.7 Å². The highest BCUT2D eigenvalue weighted by Crippen LogP contribution is 2.30. The Kier molecular flexibility index (Phi) is 3.63. The molecule has 0 aliphatic carbocycles. The van der Waals surface area contributed by atoms with E-state index in [1.165, 1.54) is 18.2 Å². The Morgan fingerprint density at radius 3 is 2.28 bits per heavy atom. The second kappa shape index (κ2) is 5.04. The maximum atomic E-state index is 13.8. The number of benzene rings is 2. The molecule has 0 heterocycles. The predicted molar refractivity (Wildman–Crippen MR) is 69.0 cm³/mol. The molecule has 0 aliphatic heterocycles. The Bertz CT molecular complexity index is 572. The van der Waals surface area contributed by atoms with E-state index in [1.54, 1.807) is 12.1 Å². The average Bonchev–Trinajstić information content (AvgIpc) is 2.35. The van der Waals surface area contributed by atoms with E-state index in [0.29, 0.717) is 11.3 Å². The van der Waals surface area contributed by atoms with Crippen LogP contribution in [0.3, 0.4) is 0 Å². The number of aliphatic hydroxyl groups is 1. The number of rotatable bonds is 2. The first-order chi connectivity index (χ1) is 8.50. The summed E-state index contributed by atoms with van der Waals surface area (Å²) in [5.41, 5.74) is 6.02. The molecule has 2 aromatic rings. The molecule has 5 heteroatoms. The standard InChI is InChI=1S/C13H10BrF2NO/c14-9-5-6-10(15)11(12(9)16)13(18)7-1-3-8(17)4-2-7/h1-6,13,18H,17H2.